The number of carbonyl (C=O) groups is 3. The molecule has 1 aromatic heterocycles. The number of hydrogen-bond acceptors (Lipinski definition) is 6. The molecule has 0 radical (unpaired) electrons. The highest BCUT2D eigenvalue weighted by molar-refractivity contribution is 5.97. The molecule has 1 aliphatic rings. The predicted octanol–water partition coefficient (Wildman–Crippen LogP) is 5.64. The van der Waals surface area contributed by atoms with Crippen molar-refractivity contribution in [3.8, 4) is 11.4 Å². The van der Waals surface area contributed by atoms with E-state index in [4.69, 9.17) is 5.11 Å². The minimum atomic E-state index is -1.01. The highest BCUT2D eigenvalue weighted by Gasteiger charge is 2.29. The molecule has 240 valence electrons. The van der Waals surface area contributed by atoms with Crippen LogP contribution >= 0.6 is 0 Å². The van der Waals surface area contributed by atoms with Gasteiger partial charge in [-0.05, 0) is 52.8 Å². The summed E-state index contributed by atoms with van der Waals surface area (Å²) in [7, 11) is 0. The Kier molecular flexibility index (Phi) is 10.6. The SMILES string of the molecule is CC(C)(C)c1ccc(C(=O)N[C@@H](Cc2ccc(-c3ncc(N4CCC(C(C)(C)C)CC4)cn3)cc2)C(=O)NCCC(=O)O)cc1. The van der Waals surface area contributed by atoms with Gasteiger partial charge < -0.3 is 20.6 Å². The van der Waals surface area contributed by atoms with E-state index in [1.165, 1.54) is 0 Å². The molecule has 0 aliphatic carbocycles. The molecule has 3 aromatic rings. The Morgan fingerprint density at radius 1 is 0.911 bits per heavy atom. The van der Waals surface area contributed by atoms with Gasteiger partial charge in [0.1, 0.15) is 6.04 Å². The van der Waals surface area contributed by atoms with Crippen LogP contribution in [0, 0.1) is 11.3 Å². The van der Waals surface area contributed by atoms with Crippen LogP contribution in [0.15, 0.2) is 60.9 Å². The second kappa shape index (κ2) is 14.2. The first kappa shape index (κ1) is 33.6. The van der Waals surface area contributed by atoms with Crippen LogP contribution in [-0.4, -0.2) is 58.5 Å². The quantitative estimate of drug-likeness (QED) is 0.271. The monoisotopic (exact) mass is 613 g/mol. The Morgan fingerprint density at radius 3 is 2.04 bits per heavy atom. The number of nitrogens with zero attached hydrogens (tertiary/aromatic N) is 3. The van der Waals surface area contributed by atoms with Gasteiger partial charge in [-0.1, -0.05) is 77.9 Å². The van der Waals surface area contributed by atoms with E-state index < -0.39 is 17.9 Å². The highest BCUT2D eigenvalue weighted by atomic mass is 16.4. The Hall–Kier alpha value is -4.27. The van der Waals surface area contributed by atoms with E-state index in [2.05, 4.69) is 67.0 Å². The smallest absolute Gasteiger partial charge is 0.305 e. The number of benzene rings is 2. The normalized spacial score (nSPS) is 14.9. The van der Waals surface area contributed by atoms with E-state index in [0.717, 1.165) is 54.2 Å². The molecular formula is C36H47N5O4. The van der Waals surface area contributed by atoms with Gasteiger partial charge in [-0.25, -0.2) is 9.97 Å². The molecule has 2 heterocycles. The van der Waals surface area contributed by atoms with Crippen molar-refractivity contribution >= 4 is 23.5 Å². The van der Waals surface area contributed by atoms with Gasteiger partial charge in [0.25, 0.3) is 5.91 Å². The van der Waals surface area contributed by atoms with E-state index in [0.29, 0.717) is 16.8 Å². The first-order valence-corrected chi connectivity index (χ1v) is 15.8. The van der Waals surface area contributed by atoms with Gasteiger partial charge in [-0.2, -0.15) is 0 Å². The van der Waals surface area contributed by atoms with Crippen LogP contribution in [0.25, 0.3) is 11.4 Å². The Labute approximate surface area is 266 Å². The van der Waals surface area contributed by atoms with Crippen molar-refractivity contribution in [2.45, 2.75) is 78.7 Å². The summed E-state index contributed by atoms with van der Waals surface area (Å²) in [5, 5.41) is 14.5. The van der Waals surface area contributed by atoms with Gasteiger partial charge in [0.15, 0.2) is 5.82 Å². The summed E-state index contributed by atoms with van der Waals surface area (Å²) in [6.07, 6.45) is 6.12. The number of carboxylic acid groups (broad SMARTS) is 1. The van der Waals surface area contributed by atoms with Gasteiger partial charge in [0, 0.05) is 37.2 Å². The van der Waals surface area contributed by atoms with E-state index in [9.17, 15) is 14.4 Å². The lowest BCUT2D eigenvalue weighted by molar-refractivity contribution is -0.137. The van der Waals surface area contributed by atoms with Gasteiger partial charge in [-0.3, -0.25) is 14.4 Å². The van der Waals surface area contributed by atoms with E-state index >= 15 is 0 Å². The van der Waals surface area contributed by atoms with Gasteiger partial charge in [-0.15, -0.1) is 0 Å². The highest BCUT2D eigenvalue weighted by Crippen LogP contribution is 2.35. The second-order valence-corrected chi connectivity index (χ2v) is 14.1. The first-order chi connectivity index (χ1) is 21.2. The predicted molar refractivity (Wildman–Crippen MR) is 177 cm³/mol. The van der Waals surface area contributed by atoms with Crippen LogP contribution in [0.3, 0.4) is 0 Å². The molecule has 0 spiro atoms. The summed E-state index contributed by atoms with van der Waals surface area (Å²) in [5.41, 5.74) is 4.53. The standard InChI is InChI=1S/C36H47N5O4/c1-35(2,3)27-13-11-26(12-14-27)33(44)40-30(34(45)37-18-15-31(42)43)21-24-7-9-25(10-8-24)32-38-22-29(23-39-32)41-19-16-28(17-20-41)36(4,5)6/h7-14,22-23,28,30H,15-21H2,1-6H3,(H,37,45)(H,40,44)(H,42,43)/t30-/m0/s1. The Bertz CT molecular complexity index is 1450. The third kappa shape index (κ3) is 9.36. The molecule has 3 N–H and O–H groups in total. The number of anilines is 1. The third-order valence-electron chi connectivity index (χ3n) is 8.65. The number of piperidine rings is 1. The zero-order valence-corrected chi connectivity index (χ0v) is 27.4. The Morgan fingerprint density at radius 2 is 1.51 bits per heavy atom. The van der Waals surface area contributed by atoms with Crippen molar-refractivity contribution < 1.29 is 19.5 Å². The van der Waals surface area contributed by atoms with E-state index in [1.807, 2.05) is 48.8 Å². The zero-order chi connectivity index (χ0) is 32.8. The molecule has 2 aromatic carbocycles. The van der Waals surface area contributed by atoms with Crippen molar-refractivity contribution in [1.29, 1.82) is 0 Å². The van der Waals surface area contributed by atoms with Crippen molar-refractivity contribution in [2.24, 2.45) is 11.3 Å². The Balaban J connectivity index is 1.42. The summed E-state index contributed by atoms with van der Waals surface area (Å²) in [6.45, 7) is 15.2. The van der Waals surface area contributed by atoms with Crippen LogP contribution in [0.1, 0.15) is 82.3 Å². The summed E-state index contributed by atoms with van der Waals surface area (Å²) < 4.78 is 0. The lowest BCUT2D eigenvalue weighted by Crippen LogP contribution is -2.48. The third-order valence-corrected chi connectivity index (χ3v) is 8.65. The fourth-order valence-corrected chi connectivity index (χ4v) is 5.65. The molecule has 45 heavy (non-hydrogen) atoms. The van der Waals surface area contributed by atoms with Crippen molar-refractivity contribution in [3.05, 3.63) is 77.6 Å². The molecule has 9 nitrogen and oxygen atoms in total. The number of nitrogens with one attached hydrogen (secondary N) is 2. The molecule has 1 atom stereocenters. The second-order valence-electron chi connectivity index (χ2n) is 14.1. The maximum absolute atomic E-state index is 13.1. The van der Waals surface area contributed by atoms with Crippen LogP contribution in [-0.2, 0) is 21.4 Å². The first-order valence-electron chi connectivity index (χ1n) is 15.8. The van der Waals surface area contributed by atoms with Crippen molar-refractivity contribution in [2.75, 3.05) is 24.5 Å². The molecule has 9 heteroatoms. The van der Waals surface area contributed by atoms with Gasteiger partial charge in [0.2, 0.25) is 5.91 Å². The van der Waals surface area contributed by atoms with Crippen LogP contribution in [0.4, 0.5) is 5.69 Å². The number of hydrogen-bond donors (Lipinski definition) is 3. The molecule has 2 amide bonds. The summed E-state index contributed by atoms with van der Waals surface area (Å²) in [4.78, 5) is 48.8. The average molecular weight is 614 g/mol. The maximum atomic E-state index is 13.1. The number of rotatable bonds is 10. The molecule has 1 saturated heterocycles. The molecular weight excluding hydrogens is 566 g/mol. The average Bonchev–Trinajstić information content (AvgIpc) is 3.00. The molecule has 0 saturated carbocycles. The summed E-state index contributed by atoms with van der Waals surface area (Å²) in [5.74, 6) is -0.487. The number of carboxylic acids is 1. The largest absolute Gasteiger partial charge is 0.481 e. The zero-order valence-electron chi connectivity index (χ0n) is 27.4. The molecule has 0 unspecified atom stereocenters. The minimum absolute atomic E-state index is 0.0261. The lowest BCUT2D eigenvalue weighted by Gasteiger charge is -2.39. The lowest BCUT2D eigenvalue weighted by atomic mass is 9.75. The van der Waals surface area contributed by atoms with Crippen LogP contribution in [0.5, 0.6) is 0 Å². The van der Waals surface area contributed by atoms with E-state index in [-0.39, 0.29) is 30.7 Å². The fourth-order valence-electron chi connectivity index (χ4n) is 5.65. The minimum Gasteiger partial charge on any atom is -0.481 e. The number of carbonyl (C=O) groups excluding carboxylic acids is 2. The molecule has 0 bridgehead atoms. The number of aliphatic carboxylic acids is 1. The van der Waals surface area contributed by atoms with Crippen LogP contribution in [0.2, 0.25) is 0 Å². The van der Waals surface area contributed by atoms with Crippen LogP contribution < -0.4 is 15.5 Å². The topological polar surface area (TPSA) is 125 Å². The van der Waals surface area contributed by atoms with Gasteiger partial charge in [0.05, 0.1) is 24.5 Å². The summed E-state index contributed by atoms with van der Waals surface area (Å²) in [6, 6.07) is 14.1. The summed E-state index contributed by atoms with van der Waals surface area (Å²) >= 11 is 0. The molecule has 4 rings (SSSR count). The van der Waals surface area contributed by atoms with Gasteiger partial charge >= 0.3 is 5.97 Å². The maximum Gasteiger partial charge on any atom is 0.305 e. The van der Waals surface area contributed by atoms with E-state index in [1.54, 1.807) is 12.1 Å². The fraction of sp³-hybridized carbons (Fsp3) is 0.472. The molecule has 1 aliphatic heterocycles. The number of amides is 2. The van der Waals surface area contributed by atoms with Crippen molar-refractivity contribution in [1.82, 2.24) is 20.6 Å². The molecule has 1 fully saturated rings. The number of aromatic nitrogens is 2. The van der Waals surface area contributed by atoms with Crippen molar-refractivity contribution in [3.63, 3.8) is 0 Å².